The molecule has 2 aromatic heterocycles. The summed E-state index contributed by atoms with van der Waals surface area (Å²) in [7, 11) is 0. The number of aromatic nitrogens is 2. The molecule has 0 bridgehead atoms. The minimum atomic E-state index is -1.57. The number of benzene rings is 4. The van der Waals surface area contributed by atoms with Crippen LogP contribution in [0.1, 0.15) is 17.5 Å². The minimum absolute atomic E-state index is 0.0145. The molecule has 0 fully saturated rings. The second-order valence-corrected chi connectivity index (χ2v) is 10.3. The van der Waals surface area contributed by atoms with Gasteiger partial charge in [-0.15, -0.1) is 0 Å². The number of aliphatic hydroxyl groups excluding tert-OH is 1. The molecule has 0 unspecified atom stereocenters. The van der Waals surface area contributed by atoms with Crippen LogP contribution < -0.4 is 19.3 Å². The van der Waals surface area contributed by atoms with Crippen molar-refractivity contribution in [2.45, 2.75) is 12.5 Å². The van der Waals surface area contributed by atoms with Crippen molar-refractivity contribution in [1.82, 2.24) is 0 Å². The number of pyridine rings is 2. The normalized spacial score (nSPS) is 11.0. The highest BCUT2D eigenvalue weighted by Gasteiger charge is 2.31. The summed E-state index contributed by atoms with van der Waals surface area (Å²) in [5.41, 5.74) is 3.19. The van der Waals surface area contributed by atoms with Gasteiger partial charge in [0.1, 0.15) is 6.42 Å². The lowest BCUT2D eigenvalue weighted by atomic mass is 10.1. The Bertz CT molecular complexity index is 1810. The van der Waals surface area contributed by atoms with E-state index in [1.165, 1.54) is 23.4 Å². The van der Waals surface area contributed by atoms with Gasteiger partial charge in [-0.25, -0.2) is 0 Å². The van der Waals surface area contributed by atoms with E-state index < -0.39 is 12.0 Å². The number of nitrogens with zero attached hydrogens (tertiary/aromatic N) is 4. The van der Waals surface area contributed by atoms with Crippen molar-refractivity contribution < 1.29 is 24.2 Å². The Morgan fingerprint density at radius 2 is 0.915 bits per heavy atom. The summed E-state index contributed by atoms with van der Waals surface area (Å²) >= 11 is 0. The van der Waals surface area contributed by atoms with E-state index in [1.807, 2.05) is 72.8 Å². The number of amides is 2. The van der Waals surface area contributed by atoms with E-state index in [2.05, 4.69) is 0 Å². The maximum atomic E-state index is 12.9. The summed E-state index contributed by atoms with van der Waals surface area (Å²) in [6.45, 7) is 0. The molecule has 2 amide bonds. The average molecular weight is 625 g/mol. The summed E-state index contributed by atoms with van der Waals surface area (Å²) in [6.07, 6.45) is 1.12. The molecule has 0 aliphatic rings. The molecule has 47 heavy (non-hydrogen) atoms. The zero-order valence-electron chi connectivity index (χ0n) is 25.3. The van der Waals surface area contributed by atoms with Gasteiger partial charge >= 0.3 is 0 Å². The molecule has 0 spiro atoms. The van der Waals surface area contributed by atoms with E-state index in [0.717, 1.165) is 16.1 Å². The Morgan fingerprint density at radius 1 is 0.532 bits per heavy atom. The monoisotopic (exact) mass is 624 g/mol. The topological polar surface area (TPSA) is 115 Å². The Kier molecular flexibility index (Phi) is 10.7. The molecule has 4 aromatic carbocycles. The van der Waals surface area contributed by atoms with Crippen molar-refractivity contribution in [2.24, 2.45) is 0 Å². The van der Waals surface area contributed by atoms with Crippen LogP contribution in [0.5, 0.6) is 0 Å². The number of rotatable bonds is 8. The van der Waals surface area contributed by atoms with Crippen LogP contribution in [0.25, 0.3) is 0 Å². The molecular weight excluding hydrogens is 592 g/mol. The fraction of sp³-hybridized carbons (Fsp3) is 0.0526. The van der Waals surface area contributed by atoms with Gasteiger partial charge in [-0.3, -0.25) is 19.4 Å². The molecule has 234 valence electrons. The standard InChI is InChI=1S/C19H16N2O3.C19H16N2O2/c22-18(17-13-7-8-14-20(17)24)19(23)21(15-9-3-1-4-10-15)16-11-5-2-6-12-16;22-19(15-18-13-7-8-14-20(18)23)21(16-9-3-1-4-10-16)17-11-5-2-6-12-17/h1-14,18,22H;1-14H,15H2/t18-;/m1./s1. The Morgan fingerprint density at radius 3 is 1.34 bits per heavy atom. The molecule has 0 aliphatic carbocycles. The molecular formula is C38H32N4O5. The summed E-state index contributed by atoms with van der Waals surface area (Å²) in [6, 6.07) is 46.5. The Labute approximate surface area is 272 Å². The second-order valence-electron chi connectivity index (χ2n) is 10.3. The lowest BCUT2D eigenvalue weighted by Crippen LogP contribution is -2.39. The molecule has 0 saturated heterocycles. The number of carbonyl (C=O) groups is 2. The number of aliphatic hydroxyl groups is 1. The summed E-state index contributed by atoms with van der Waals surface area (Å²) in [4.78, 5) is 28.8. The first kappa shape index (κ1) is 32.1. The minimum Gasteiger partial charge on any atom is -0.618 e. The van der Waals surface area contributed by atoms with Crippen molar-refractivity contribution in [3.63, 3.8) is 0 Å². The third-order valence-corrected chi connectivity index (χ3v) is 7.13. The molecule has 6 aromatic rings. The Hall–Kier alpha value is -6.32. The van der Waals surface area contributed by atoms with Crippen molar-refractivity contribution in [3.05, 3.63) is 192 Å². The third kappa shape index (κ3) is 8.05. The first-order valence-corrected chi connectivity index (χ1v) is 14.8. The van der Waals surface area contributed by atoms with Gasteiger partial charge in [0.25, 0.3) is 5.91 Å². The highest BCUT2D eigenvalue weighted by Crippen LogP contribution is 2.29. The predicted molar refractivity (Wildman–Crippen MR) is 180 cm³/mol. The molecule has 1 atom stereocenters. The van der Waals surface area contributed by atoms with Gasteiger partial charge in [-0.05, 0) is 60.7 Å². The largest absolute Gasteiger partial charge is 0.618 e. The molecule has 2 heterocycles. The number of carbonyl (C=O) groups excluding carboxylic acids is 2. The fourth-order valence-corrected chi connectivity index (χ4v) is 4.89. The third-order valence-electron chi connectivity index (χ3n) is 7.13. The fourth-order valence-electron chi connectivity index (χ4n) is 4.89. The molecule has 0 aliphatic heterocycles. The number of hydrogen-bond acceptors (Lipinski definition) is 5. The molecule has 9 nitrogen and oxygen atoms in total. The highest BCUT2D eigenvalue weighted by atomic mass is 16.5. The zero-order valence-corrected chi connectivity index (χ0v) is 25.3. The van der Waals surface area contributed by atoms with Crippen LogP contribution in [0.4, 0.5) is 22.7 Å². The number of anilines is 4. The smallest absolute Gasteiger partial charge is 0.271 e. The summed E-state index contributed by atoms with van der Waals surface area (Å²) in [5.74, 6) is -0.749. The molecule has 6 rings (SSSR count). The van der Waals surface area contributed by atoms with Gasteiger partial charge in [0.05, 0.1) is 0 Å². The van der Waals surface area contributed by atoms with Gasteiger partial charge < -0.3 is 15.5 Å². The van der Waals surface area contributed by atoms with Gasteiger partial charge in [-0.2, -0.15) is 9.46 Å². The van der Waals surface area contributed by atoms with Crippen LogP contribution in [-0.2, 0) is 16.0 Å². The van der Waals surface area contributed by atoms with Crippen molar-refractivity contribution in [3.8, 4) is 0 Å². The van der Waals surface area contributed by atoms with Crippen LogP contribution in [0, 0.1) is 10.4 Å². The van der Waals surface area contributed by atoms with Crippen LogP contribution in [0.3, 0.4) is 0 Å². The predicted octanol–water partition coefficient (Wildman–Crippen LogP) is 5.95. The van der Waals surface area contributed by atoms with Gasteiger partial charge in [-0.1, -0.05) is 72.8 Å². The lowest BCUT2D eigenvalue weighted by molar-refractivity contribution is -0.617. The van der Waals surface area contributed by atoms with Crippen molar-refractivity contribution in [2.75, 3.05) is 9.80 Å². The molecule has 0 saturated carbocycles. The number of hydrogen-bond donors (Lipinski definition) is 1. The average Bonchev–Trinajstić information content (AvgIpc) is 3.11. The van der Waals surface area contributed by atoms with Gasteiger partial charge in [0.15, 0.2) is 12.4 Å². The molecule has 0 radical (unpaired) electrons. The zero-order chi connectivity index (χ0) is 33.0. The van der Waals surface area contributed by atoms with Crippen molar-refractivity contribution >= 4 is 34.6 Å². The van der Waals surface area contributed by atoms with E-state index >= 15 is 0 Å². The van der Waals surface area contributed by atoms with Crippen molar-refractivity contribution in [1.29, 1.82) is 0 Å². The lowest BCUT2D eigenvalue weighted by Gasteiger charge is -2.25. The molecule has 9 heteroatoms. The molecule has 1 N–H and O–H groups in total. The first-order valence-electron chi connectivity index (χ1n) is 14.8. The SMILES string of the molecule is O=C(Cc1cccc[n+]1[O-])N(c1ccccc1)c1ccccc1.O=C([C@H](O)c1cccc[n+]1[O-])N(c1ccccc1)c1ccccc1. The summed E-state index contributed by atoms with van der Waals surface area (Å²) < 4.78 is 1.23. The Balaban J connectivity index is 0.000000185. The van der Waals surface area contributed by atoms with Crippen LogP contribution >= 0.6 is 0 Å². The van der Waals surface area contributed by atoms with E-state index in [9.17, 15) is 25.1 Å². The van der Waals surface area contributed by atoms with Crippen LogP contribution in [0.15, 0.2) is 170 Å². The van der Waals surface area contributed by atoms with E-state index in [4.69, 9.17) is 0 Å². The maximum absolute atomic E-state index is 12.9. The van der Waals surface area contributed by atoms with Crippen LogP contribution in [0.2, 0.25) is 0 Å². The second kappa shape index (κ2) is 15.6. The number of para-hydroxylation sites is 4. The van der Waals surface area contributed by atoms with E-state index in [1.54, 1.807) is 83.8 Å². The first-order chi connectivity index (χ1) is 22.9. The highest BCUT2D eigenvalue weighted by molar-refractivity contribution is 6.03. The maximum Gasteiger partial charge on any atom is 0.271 e. The van der Waals surface area contributed by atoms with Gasteiger partial charge in [0, 0.05) is 47.0 Å². The van der Waals surface area contributed by atoms with E-state index in [-0.39, 0.29) is 18.0 Å². The summed E-state index contributed by atoms with van der Waals surface area (Å²) in [5, 5.41) is 34.1. The van der Waals surface area contributed by atoms with Crippen LogP contribution in [-0.4, -0.2) is 16.9 Å². The van der Waals surface area contributed by atoms with Gasteiger partial charge in [0.2, 0.25) is 23.4 Å². The quantitative estimate of drug-likeness (QED) is 0.166. The van der Waals surface area contributed by atoms with E-state index in [0.29, 0.717) is 21.8 Å².